The maximum Gasteiger partial charge on any atom is 0.333 e. The summed E-state index contributed by atoms with van der Waals surface area (Å²) in [6.45, 7) is 4.81. The van der Waals surface area contributed by atoms with E-state index in [2.05, 4.69) is 22.4 Å². The molecular weight excluding hydrogens is 310 g/mol. The van der Waals surface area contributed by atoms with Gasteiger partial charge >= 0.3 is 11.9 Å². The number of carbonyl (C=O) groups excluding carboxylic acids is 1. The second-order valence-electron chi connectivity index (χ2n) is 5.25. The van der Waals surface area contributed by atoms with E-state index in [1.807, 2.05) is 24.4 Å². The molecular formula is C18H23NO5. The fraction of sp³-hybridized carbons (Fsp3) is 0.333. The van der Waals surface area contributed by atoms with Gasteiger partial charge in [0.15, 0.2) is 0 Å². The van der Waals surface area contributed by atoms with Gasteiger partial charge in [-0.1, -0.05) is 24.8 Å². The monoisotopic (exact) mass is 333 g/mol. The minimum Gasteiger partial charge on any atom is -0.481 e. The van der Waals surface area contributed by atoms with Crippen LogP contribution in [-0.2, 0) is 20.7 Å². The van der Waals surface area contributed by atoms with Crippen LogP contribution >= 0.6 is 0 Å². The van der Waals surface area contributed by atoms with E-state index < -0.39 is 11.9 Å². The standard InChI is InChI=1S/C12H13NO2.C6H10O3/c14-12(15)7-3-4-9-8-13-11-6-2-1-5-10(9)11;1-5(2)6(8)9-4-3-7/h1-2,5-6,8,13H,3-4,7H2,(H,14,15);7H,1,3-4H2,2H3. The van der Waals surface area contributed by atoms with Crippen molar-refractivity contribution in [2.75, 3.05) is 13.2 Å². The molecule has 24 heavy (non-hydrogen) atoms. The van der Waals surface area contributed by atoms with E-state index >= 15 is 0 Å². The molecule has 130 valence electrons. The van der Waals surface area contributed by atoms with Gasteiger partial charge in [0.25, 0.3) is 0 Å². The lowest BCUT2D eigenvalue weighted by atomic mass is 10.1. The maximum absolute atomic E-state index is 10.5. The first kappa shape index (κ1) is 19.4. The normalized spacial score (nSPS) is 9.92. The molecule has 1 aromatic heterocycles. The number of nitrogens with one attached hydrogen (secondary N) is 1. The van der Waals surface area contributed by atoms with Gasteiger partial charge in [-0.05, 0) is 31.4 Å². The van der Waals surface area contributed by atoms with Gasteiger partial charge in [0.05, 0.1) is 6.61 Å². The zero-order valence-corrected chi connectivity index (χ0v) is 13.7. The molecule has 0 radical (unpaired) electrons. The summed E-state index contributed by atoms with van der Waals surface area (Å²) in [5.41, 5.74) is 2.66. The number of carbonyl (C=O) groups is 2. The van der Waals surface area contributed by atoms with Crippen LogP contribution in [0.15, 0.2) is 42.6 Å². The zero-order valence-electron chi connectivity index (χ0n) is 13.7. The molecule has 0 aliphatic rings. The smallest absolute Gasteiger partial charge is 0.333 e. The molecule has 0 atom stereocenters. The van der Waals surface area contributed by atoms with E-state index in [-0.39, 0.29) is 19.6 Å². The fourth-order valence-corrected chi connectivity index (χ4v) is 2.03. The fourth-order valence-electron chi connectivity index (χ4n) is 2.03. The van der Waals surface area contributed by atoms with Gasteiger partial charge in [0, 0.05) is 29.1 Å². The number of aliphatic carboxylic acids is 1. The van der Waals surface area contributed by atoms with Crippen LogP contribution < -0.4 is 0 Å². The quantitative estimate of drug-likeness (QED) is 0.534. The number of aliphatic hydroxyl groups excluding tert-OH is 1. The highest BCUT2D eigenvalue weighted by atomic mass is 16.5. The summed E-state index contributed by atoms with van der Waals surface area (Å²) in [5.74, 6) is -1.18. The summed E-state index contributed by atoms with van der Waals surface area (Å²) in [7, 11) is 0. The van der Waals surface area contributed by atoms with Crippen molar-refractivity contribution < 1.29 is 24.5 Å². The van der Waals surface area contributed by atoms with Gasteiger partial charge in [-0.2, -0.15) is 0 Å². The highest BCUT2D eigenvalue weighted by Crippen LogP contribution is 2.19. The first-order valence-electron chi connectivity index (χ1n) is 7.66. The minimum atomic E-state index is -0.727. The molecule has 0 saturated carbocycles. The molecule has 0 unspecified atom stereocenters. The lowest BCUT2D eigenvalue weighted by Gasteiger charge is -1.99. The summed E-state index contributed by atoms with van der Waals surface area (Å²) in [5, 5.41) is 17.9. The van der Waals surface area contributed by atoms with Gasteiger partial charge in [0.2, 0.25) is 0 Å². The molecule has 0 bridgehead atoms. The van der Waals surface area contributed by atoms with E-state index in [4.69, 9.17) is 10.2 Å². The van der Waals surface area contributed by atoms with Crippen LogP contribution in [0.25, 0.3) is 10.9 Å². The van der Waals surface area contributed by atoms with Crippen molar-refractivity contribution in [3.63, 3.8) is 0 Å². The topological polar surface area (TPSA) is 99.6 Å². The number of H-pyrrole nitrogens is 1. The lowest BCUT2D eigenvalue weighted by Crippen LogP contribution is -2.08. The molecule has 1 heterocycles. The summed E-state index contributed by atoms with van der Waals surface area (Å²) in [6.07, 6.45) is 3.71. The summed E-state index contributed by atoms with van der Waals surface area (Å²) < 4.78 is 4.46. The van der Waals surface area contributed by atoms with Crippen molar-refractivity contribution in [3.05, 3.63) is 48.2 Å². The first-order valence-corrected chi connectivity index (χ1v) is 7.66. The molecule has 6 heteroatoms. The summed E-state index contributed by atoms with van der Waals surface area (Å²) in [4.78, 5) is 24.0. The Balaban J connectivity index is 0.000000277. The predicted octanol–water partition coefficient (Wildman–Crippen LogP) is 2.67. The number of hydrogen-bond donors (Lipinski definition) is 3. The number of carboxylic acids is 1. The molecule has 2 rings (SSSR count). The van der Waals surface area contributed by atoms with Gasteiger partial charge in [-0.25, -0.2) is 4.79 Å². The Kier molecular flexibility index (Phi) is 8.29. The molecule has 0 fully saturated rings. The van der Waals surface area contributed by atoms with E-state index in [0.717, 1.165) is 11.9 Å². The van der Waals surface area contributed by atoms with Crippen LogP contribution in [0, 0.1) is 0 Å². The van der Waals surface area contributed by atoms with Crippen LogP contribution in [0.2, 0.25) is 0 Å². The van der Waals surface area contributed by atoms with E-state index in [1.165, 1.54) is 10.9 Å². The Hall–Kier alpha value is -2.60. The number of hydrogen-bond acceptors (Lipinski definition) is 4. The highest BCUT2D eigenvalue weighted by molar-refractivity contribution is 5.86. The molecule has 1 aromatic carbocycles. The third-order valence-electron chi connectivity index (χ3n) is 3.18. The third kappa shape index (κ3) is 6.66. The number of carboxylic acid groups (broad SMARTS) is 1. The minimum absolute atomic E-state index is 0.0473. The van der Waals surface area contributed by atoms with Gasteiger partial charge < -0.3 is 19.9 Å². The maximum atomic E-state index is 10.5. The Labute approximate surface area is 140 Å². The number of benzene rings is 1. The van der Waals surface area contributed by atoms with Gasteiger partial charge in [-0.3, -0.25) is 4.79 Å². The number of aryl methyl sites for hydroxylation is 1. The molecule has 2 aromatic rings. The number of aromatic nitrogens is 1. The Morgan fingerprint density at radius 2 is 2.00 bits per heavy atom. The van der Waals surface area contributed by atoms with Crippen molar-refractivity contribution in [3.8, 4) is 0 Å². The first-order chi connectivity index (χ1) is 11.5. The van der Waals surface area contributed by atoms with E-state index in [9.17, 15) is 9.59 Å². The Bertz CT molecular complexity index is 690. The largest absolute Gasteiger partial charge is 0.481 e. The summed E-state index contributed by atoms with van der Waals surface area (Å²) >= 11 is 0. The molecule has 0 aliphatic carbocycles. The zero-order chi connectivity index (χ0) is 17.9. The number of aromatic amines is 1. The van der Waals surface area contributed by atoms with E-state index in [0.29, 0.717) is 12.0 Å². The number of ether oxygens (including phenoxy) is 1. The number of fused-ring (bicyclic) bond motifs is 1. The Morgan fingerprint density at radius 1 is 1.29 bits per heavy atom. The Morgan fingerprint density at radius 3 is 2.62 bits per heavy atom. The van der Waals surface area contributed by atoms with Crippen molar-refractivity contribution in [2.24, 2.45) is 0 Å². The van der Waals surface area contributed by atoms with Crippen molar-refractivity contribution in [1.82, 2.24) is 4.98 Å². The van der Waals surface area contributed by atoms with Crippen LogP contribution in [0.4, 0.5) is 0 Å². The molecule has 0 saturated heterocycles. The molecule has 0 amide bonds. The lowest BCUT2D eigenvalue weighted by molar-refractivity contribution is -0.140. The third-order valence-corrected chi connectivity index (χ3v) is 3.18. The predicted molar refractivity (Wildman–Crippen MR) is 91.7 cm³/mol. The van der Waals surface area contributed by atoms with Gasteiger partial charge in [0.1, 0.15) is 6.61 Å². The summed E-state index contributed by atoms with van der Waals surface area (Å²) in [6, 6.07) is 8.06. The average molecular weight is 333 g/mol. The van der Waals surface area contributed by atoms with Crippen LogP contribution in [0.3, 0.4) is 0 Å². The van der Waals surface area contributed by atoms with Crippen molar-refractivity contribution in [2.45, 2.75) is 26.2 Å². The van der Waals surface area contributed by atoms with Crippen molar-refractivity contribution in [1.29, 1.82) is 0 Å². The molecule has 3 N–H and O–H groups in total. The number of esters is 1. The van der Waals surface area contributed by atoms with Crippen molar-refractivity contribution >= 4 is 22.8 Å². The second-order valence-corrected chi connectivity index (χ2v) is 5.25. The molecule has 0 aliphatic heterocycles. The number of rotatable bonds is 7. The number of aliphatic hydroxyl groups is 1. The highest BCUT2D eigenvalue weighted by Gasteiger charge is 2.03. The molecule has 6 nitrogen and oxygen atoms in total. The number of para-hydroxylation sites is 1. The van der Waals surface area contributed by atoms with Gasteiger partial charge in [-0.15, -0.1) is 0 Å². The molecule has 0 spiro atoms. The van der Waals surface area contributed by atoms with Crippen LogP contribution in [0.5, 0.6) is 0 Å². The van der Waals surface area contributed by atoms with Crippen LogP contribution in [-0.4, -0.2) is 40.3 Å². The SMILES string of the molecule is C=C(C)C(=O)OCCO.O=C(O)CCCc1c[nH]c2ccccc12. The van der Waals surface area contributed by atoms with Crippen LogP contribution in [0.1, 0.15) is 25.3 Å². The average Bonchev–Trinajstić information content (AvgIpc) is 2.96. The second kappa shape index (κ2) is 10.2. The van der Waals surface area contributed by atoms with E-state index in [1.54, 1.807) is 6.92 Å².